The Balaban J connectivity index is 1.63. The van der Waals surface area contributed by atoms with Crippen LogP contribution in [-0.2, 0) is 4.79 Å². The van der Waals surface area contributed by atoms with Crippen LogP contribution in [-0.4, -0.2) is 46.1 Å². The van der Waals surface area contributed by atoms with Crippen LogP contribution >= 0.6 is 23.4 Å². The molecule has 3 rings (SSSR count). The van der Waals surface area contributed by atoms with Crippen LogP contribution in [0.2, 0.25) is 5.02 Å². The molecule has 2 amide bonds. The fraction of sp³-hybridized carbons (Fsp3) is 0.190. The molecular weight excluding hydrogens is 408 g/mol. The van der Waals surface area contributed by atoms with Gasteiger partial charge in [0.05, 0.1) is 11.4 Å². The van der Waals surface area contributed by atoms with E-state index < -0.39 is 0 Å². The topological polar surface area (TPSA) is 67.2 Å². The molecule has 3 aromatic rings. The summed E-state index contributed by atoms with van der Waals surface area (Å²) in [6.07, 6.45) is 3.54. The van der Waals surface area contributed by atoms with Crippen molar-refractivity contribution in [1.82, 2.24) is 14.5 Å². The molecule has 0 aliphatic heterocycles. The highest BCUT2D eigenvalue weighted by Crippen LogP contribution is 2.26. The van der Waals surface area contributed by atoms with Gasteiger partial charge in [0.25, 0.3) is 5.91 Å². The standard InChI is InChI=1S/C21H21ClN4O2S/c1-14-17(22)5-4-6-18(14)26-12-11-23-21(26)29-13-19(27)24-16-9-7-15(8-10-16)20(28)25(2)3/h4-12H,13H2,1-3H3,(H,24,27). The number of amides is 2. The highest BCUT2D eigenvalue weighted by atomic mass is 35.5. The number of aromatic nitrogens is 2. The monoisotopic (exact) mass is 428 g/mol. The molecule has 0 aliphatic carbocycles. The molecule has 1 N–H and O–H groups in total. The Morgan fingerprint density at radius 3 is 2.59 bits per heavy atom. The minimum atomic E-state index is -0.154. The van der Waals surface area contributed by atoms with E-state index in [2.05, 4.69) is 10.3 Å². The van der Waals surface area contributed by atoms with E-state index >= 15 is 0 Å². The second kappa shape index (κ2) is 9.15. The van der Waals surface area contributed by atoms with E-state index in [-0.39, 0.29) is 17.6 Å². The number of benzene rings is 2. The van der Waals surface area contributed by atoms with Crippen molar-refractivity contribution in [2.45, 2.75) is 12.1 Å². The third-order valence-corrected chi connectivity index (χ3v) is 5.64. The molecule has 29 heavy (non-hydrogen) atoms. The number of hydrogen-bond acceptors (Lipinski definition) is 4. The van der Waals surface area contributed by atoms with Gasteiger partial charge in [-0.15, -0.1) is 0 Å². The van der Waals surface area contributed by atoms with Crippen molar-refractivity contribution in [3.63, 3.8) is 0 Å². The average molecular weight is 429 g/mol. The number of carbonyl (C=O) groups is 2. The van der Waals surface area contributed by atoms with E-state index in [1.54, 1.807) is 44.6 Å². The normalized spacial score (nSPS) is 10.6. The van der Waals surface area contributed by atoms with Crippen molar-refractivity contribution in [3.05, 3.63) is 71.0 Å². The lowest BCUT2D eigenvalue weighted by Crippen LogP contribution is -2.21. The van der Waals surface area contributed by atoms with Gasteiger partial charge in [-0.05, 0) is 48.9 Å². The van der Waals surface area contributed by atoms with Crippen LogP contribution in [0.5, 0.6) is 0 Å². The molecule has 0 unspecified atom stereocenters. The van der Waals surface area contributed by atoms with Gasteiger partial charge in [-0.25, -0.2) is 4.98 Å². The van der Waals surface area contributed by atoms with Crippen molar-refractivity contribution in [1.29, 1.82) is 0 Å². The zero-order valence-electron chi connectivity index (χ0n) is 16.3. The molecular formula is C21H21ClN4O2S. The zero-order chi connectivity index (χ0) is 21.0. The van der Waals surface area contributed by atoms with E-state index in [1.165, 1.54) is 16.7 Å². The Hall–Kier alpha value is -2.77. The Kier molecular flexibility index (Phi) is 6.61. The summed E-state index contributed by atoms with van der Waals surface area (Å²) in [6, 6.07) is 12.5. The fourth-order valence-electron chi connectivity index (χ4n) is 2.72. The summed E-state index contributed by atoms with van der Waals surface area (Å²) >= 11 is 7.56. The van der Waals surface area contributed by atoms with Gasteiger partial charge in [-0.1, -0.05) is 29.4 Å². The maximum atomic E-state index is 12.3. The van der Waals surface area contributed by atoms with Crippen LogP contribution < -0.4 is 5.32 Å². The largest absolute Gasteiger partial charge is 0.345 e. The number of rotatable bonds is 6. The van der Waals surface area contributed by atoms with Crippen LogP contribution in [0.3, 0.4) is 0 Å². The molecule has 1 heterocycles. The number of imidazole rings is 1. The Morgan fingerprint density at radius 1 is 1.17 bits per heavy atom. The van der Waals surface area contributed by atoms with Crippen molar-refractivity contribution >= 4 is 40.9 Å². The van der Waals surface area contributed by atoms with Gasteiger partial charge in [0.15, 0.2) is 5.16 Å². The number of hydrogen-bond donors (Lipinski definition) is 1. The molecule has 0 fully saturated rings. The number of nitrogens with zero attached hydrogens (tertiary/aromatic N) is 3. The second-order valence-corrected chi connectivity index (χ2v) is 7.93. The second-order valence-electron chi connectivity index (χ2n) is 6.58. The summed E-state index contributed by atoms with van der Waals surface area (Å²) in [6.45, 7) is 1.95. The van der Waals surface area contributed by atoms with E-state index in [0.29, 0.717) is 21.4 Å². The Labute approximate surface area is 178 Å². The van der Waals surface area contributed by atoms with Gasteiger partial charge in [0.1, 0.15) is 0 Å². The highest BCUT2D eigenvalue weighted by molar-refractivity contribution is 7.99. The molecule has 1 aromatic heterocycles. The van der Waals surface area contributed by atoms with Gasteiger partial charge in [0.2, 0.25) is 5.91 Å². The van der Waals surface area contributed by atoms with Gasteiger partial charge >= 0.3 is 0 Å². The Morgan fingerprint density at radius 2 is 1.90 bits per heavy atom. The summed E-state index contributed by atoms with van der Waals surface area (Å²) in [5.41, 5.74) is 3.09. The van der Waals surface area contributed by atoms with Gasteiger partial charge < -0.3 is 10.2 Å². The fourth-order valence-corrected chi connectivity index (χ4v) is 3.65. The molecule has 0 bridgehead atoms. The molecule has 8 heteroatoms. The lowest BCUT2D eigenvalue weighted by Gasteiger charge is -2.12. The molecule has 0 saturated heterocycles. The third-order valence-electron chi connectivity index (χ3n) is 4.26. The first kappa shape index (κ1) is 21.0. The minimum Gasteiger partial charge on any atom is -0.345 e. The van der Waals surface area contributed by atoms with Gasteiger partial charge in [0, 0.05) is 42.8 Å². The number of anilines is 1. The van der Waals surface area contributed by atoms with Crippen LogP contribution in [0.4, 0.5) is 5.69 Å². The quantitative estimate of drug-likeness (QED) is 0.595. The summed E-state index contributed by atoms with van der Waals surface area (Å²) in [4.78, 5) is 30.1. The molecule has 0 radical (unpaired) electrons. The van der Waals surface area contributed by atoms with Crippen molar-refractivity contribution in [2.75, 3.05) is 25.2 Å². The van der Waals surface area contributed by atoms with Gasteiger partial charge in [-0.2, -0.15) is 0 Å². The summed E-state index contributed by atoms with van der Waals surface area (Å²) < 4.78 is 1.92. The predicted molar refractivity (Wildman–Crippen MR) is 117 cm³/mol. The molecule has 0 saturated carbocycles. The predicted octanol–water partition coefficient (Wildman–Crippen LogP) is 4.27. The van der Waals surface area contributed by atoms with E-state index in [9.17, 15) is 9.59 Å². The highest BCUT2D eigenvalue weighted by Gasteiger charge is 2.12. The maximum absolute atomic E-state index is 12.3. The first-order valence-electron chi connectivity index (χ1n) is 8.90. The summed E-state index contributed by atoms with van der Waals surface area (Å²) in [7, 11) is 3.40. The van der Waals surface area contributed by atoms with E-state index in [1.807, 2.05) is 35.9 Å². The average Bonchev–Trinajstić information content (AvgIpc) is 3.17. The van der Waals surface area contributed by atoms with Crippen LogP contribution in [0, 0.1) is 6.92 Å². The van der Waals surface area contributed by atoms with E-state index in [4.69, 9.17) is 11.6 Å². The first-order chi connectivity index (χ1) is 13.9. The molecule has 2 aromatic carbocycles. The maximum Gasteiger partial charge on any atom is 0.253 e. The molecule has 0 atom stereocenters. The lowest BCUT2D eigenvalue weighted by atomic mass is 10.2. The lowest BCUT2D eigenvalue weighted by molar-refractivity contribution is -0.113. The zero-order valence-corrected chi connectivity index (χ0v) is 17.9. The first-order valence-corrected chi connectivity index (χ1v) is 10.3. The van der Waals surface area contributed by atoms with Crippen molar-refractivity contribution < 1.29 is 9.59 Å². The van der Waals surface area contributed by atoms with Gasteiger partial charge in [-0.3, -0.25) is 14.2 Å². The molecule has 150 valence electrons. The molecule has 0 spiro atoms. The number of nitrogens with one attached hydrogen (secondary N) is 1. The molecule has 6 nitrogen and oxygen atoms in total. The van der Waals surface area contributed by atoms with Crippen molar-refractivity contribution in [2.24, 2.45) is 0 Å². The minimum absolute atomic E-state index is 0.0819. The number of halogens is 1. The summed E-state index contributed by atoms with van der Waals surface area (Å²) in [5, 5.41) is 4.22. The van der Waals surface area contributed by atoms with Crippen LogP contribution in [0.1, 0.15) is 15.9 Å². The number of carbonyl (C=O) groups excluding carboxylic acids is 2. The van der Waals surface area contributed by atoms with Crippen LogP contribution in [0.25, 0.3) is 5.69 Å². The smallest absolute Gasteiger partial charge is 0.253 e. The molecule has 0 aliphatic rings. The van der Waals surface area contributed by atoms with Crippen LogP contribution in [0.15, 0.2) is 60.0 Å². The SMILES string of the molecule is Cc1c(Cl)cccc1-n1ccnc1SCC(=O)Nc1ccc(C(=O)N(C)C)cc1. The van der Waals surface area contributed by atoms with Crippen molar-refractivity contribution in [3.8, 4) is 5.69 Å². The summed E-state index contributed by atoms with van der Waals surface area (Å²) in [5.74, 6) is -0.0321. The van der Waals surface area contributed by atoms with E-state index in [0.717, 1.165) is 11.3 Å². The number of thioether (sulfide) groups is 1. The Bertz CT molecular complexity index is 1030. The third kappa shape index (κ3) is 4.99.